The fourth-order valence-corrected chi connectivity index (χ4v) is 5.18. The molecule has 1 heterocycles. The number of amides is 2. The van der Waals surface area contributed by atoms with E-state index >= 15 is 0 Å². The second kappa shape index (κ2) is 9.51. The van der Waals surface area contributed by atoms with Gasteiger partial charge in [0.15, 0.2) is 6.10 Å². The lowest BCUT2D eigenvalue weighted by atomic mass is 9.86. The second-order valence-electron chi connectivity index (χ2n) is 8.84. The third-order valence-electron chi connectivity index (χ3n) is 6.69. The number of rotatable bonds is 4. The average molecular weight is 475 g/mol. The number of aryl methyl sites for hydroxylation is 1. The molecule has 34 heavy (non-hydrogen) atoms. The zero-order valence-electron chi connectivity index (χ0n) is 19.1. The molecule has 6 heteroatoms. The van der Waals surface area contributed by atoms with Crippen LogP contribution in [0, 0.1) is 0 Å². The Balaban J connectivity index is 1.47. The predicted octanol–water partition coefficient (Wildman–Crippen LogP) is 6.17. The van der Waals surface area contributed by atoms with Gasteiger partial charge in [0.05, 0.1) is 23.2 Å². The van der Waals surface area contributed by atoms with Gasteiger partial charge in [0.25, 0.3) is 11.8 Å². The summed E-state index contributed by atoms with van der Waals surface area (Å²) in [7, 11) is 0. The molecule has 0 radical (unpaired) electrons. The molecule has 174 valence electrons. The van der Waals surface area contributed by atoms with Gasteiger partial charge in [0.1, 0.15) is 5.75 Å². The number of fused-ring (bicyclic) bond motifs is 2. The molecule has 3 aromatic carbocycles. The van der Waals surface area contributed by atoms with Crippen molar-refractivity contribution in [1.82, 2.24) is 4.90 Å². The summed E-state index contributed by atoms with van der Waals surface area (Å²) in [6, 6.07) is 20.9. The molecule has 0 saturated carbocycles. The Morgan fingerprint density at radius 2 is 1.88 bits per heavy atom. The molecular formula is C28H27ClN2O3. The summed E-state index contributed by atoms with van der Waals surface area (Å²) < 4.78 is 6.17. The zero-order chi connectivity index (χ0) is 23.7. The fraction of sp³-hybridized carbons (Fsp3) is 0.286. The largest absolute Gasteiger partial charge is 0.480 e. The van der Waals surface area contributed by atoms with Crippen LogP contribution in [0.4, 0.5) is 5.69 Å². The first-order chi connectivity index (χ1) is 16.5. The maximum Gasteiger partial charge on any atom is 0.264 e. The van der Waals surface area contributed by atoms with Crippen molar-refractivity contribution in [3.8, 4) is 5.75 Å². The summed E-state index contributed by atoms with van der Waals surface area (Å²) in [6.45, 7) is 2.40. The monoisotopic (exact) mass is 474 g/mol. The first-order valence-corrected chi connectivity index (χ1v) is 12.2. The molecule has 1 aliphatic carbocycles. The van der Waals surface area contributed by atoms with Crippen LogP contribution in [-0.4, -0.2) is 22.8 Å². The maximum absolute atomic E-state index is 13.6. The van der Waals surface area contributed by atoms with E-state index in [9.17, 15) is 9.59 Å². The van der Waals surface area contributed by atoms with E-state index in [1.54, 1.807) is 30.3 Å². The van der Waals surface area contributed by atoms with E-state index in [0.29, 0.717) is 35.0 Å². The number of ether oxygens (including phenoxy) is 1. The van der Waals surface area contributed by atoms with Crippen molar-refractivity contribution in [1.29, 1.82) is 0 Å². The minimum absolute atomic E-state index is 0.0158. The van der Waals surface area contributed by atoms with Crippen molar-refractivity contribution in [2.24, 2.45) is 0 Å². The molecule has 0 saturated heterocycles. The Labute approximate surface area is 204 Å². The van der Waals surface area contributed by atoms with Gasteiger partial charge in [-0.3, -0.25) is 9.59 Å². The smallest absolute Gasteiger partial charge is 0.264 e. The van der Waals surface area contributed by atoms with Gasteiger partial charge in [-0.05, 0) is 67.1 Å². The molecule has 0 fully saturated rings. The third kappa shape index (κ3) is 4.28. The van der Waals surface area contributed by atoms with Crippen molar-refractivity contribution >= 4 is 29.1 Å². The first-order valence-electron chi connectivity index (χ1n) is 11.8. The van der Waals surface area contributed by atoms with Crippen LogP contribution in [-0.2, 0) is 17.8 Å². The Hall–Kier alpha value is -3.31. The van der Waals surface area contributed by atoms with E-state index < -0.39 is 6.10 Å². The summed E-state index contributed by atoms with van der Waals surface area (Å²) in [5.74, 6) is 0.422. The molecule has 3 aromatic rings. The molecule has 0 spiro atoms. The minimum Gasteiger partial charge on any atom is -0.480 e. The van der Waals surface area contributed by atoms with E-state index in [2.05, 4.69) is 23.5 Å². The molecule has 5 rings (SSSR count). The summed E-state index contributed by atoms with van der Waals surface area (Å²) >= 11 is 6.19. The molecule has 1 aliphatic heterocycles. The summed E-state index contributed by atoms with van der Waals surface area (Å²) in [5.41, 5.74) is 4.47. The fourth-order valence-electron chi connectivity index (χ4n) is 4.96. The predicted molar refractivity (Wildman–Crippen MR) is 133 cm³/mol. The van der Waals surface area contributed by atoms with Crippen molar-refractivity contribution in [3.05, 3.63) is 94.0 Å². The molecule has 5 nitrogen and oxygen atoms in total. The van der Waals surface area contributed by atoms with Gasteiger partial charge >= 0.3 is 0 Å². The standard InChI is InChI=1S/C28H27ClN2O3/c1-2-25-28(33)31(24-13-7-9-18-8-3-4-10-21(18)24)17-19-16-20(14-15-26(19)34-25)30-27(32)22-11-5-6-12-23(22)29/h3-6,8,10-12,14-16,24-25H,2,7,9,13,17H2,1H3,(H,30,32)/t24-,25+/m1/s1. The number of hydrogen-bond donors (Lipinski definition) is 1. The quantitative estimate of drug-likeness (QED) is 0.492. The van der Waals surface area contributed by atoms with Gasteiger partial charge < -0.3 is 15.0 Å². The number of nitrogens with one attached hydrogen (secondary N) is 1. The van der Waals surface area contributed by atoms with Crippen LogP contribution >= 0.6 is 11.6 Å². The van der Waals surface area contributed by atoms with Crippen molar-refractivity contribution in [3.63, 3.8) is 0 Å². The van der Waals surface area contributed by atoms with Gasteiger partial charge in [-0.25, -0.2) is 0 Å². The van der Waals surface area contributed by atoms with Crippen LogP contribution in [0.2, 0.25) is 5.02 Å². The van der Waals surface area contributed by atoms with Gasteiger partial charge in [0, 0.05) is 11.3 Å². The molecule has 2 amide bonds. The highest BCUT2D eigenvalue weighted by molar-refractivity contribution is 6.34. The van der Waals surface area contributed by atoms with Crippen LogP contribution in [0.25, 0.3) is 0 Å². The van der Waals surface area contributed by atoms with Gasteiger partial charge in [0.2, 0.25) is 0 Å². The van der Waals surface area contributed by atoms with Crippen LogP contribution in [0.3, 0.4) is 0 Å². The first kappa shape index (κ1) is 22.5. The lowest BCUT2D eigenvalue weighted by Gasteiger charge is -2.36. The number of halogens is 1. The van der Waals surface area contributed by atoms with E-state index in [1.165, 1.54) is 11.1 Å². The number of hydrogen-bond acceptors (Lipinski definition) is 3. The Morgan fingerprint density at radius 1 is 1.09 bits per heavy atom. The topological polar surface area (TPSA) is 58.6 Å². The lowest BCUT2D eigenvalue weighted by molar-refractivity contribution is -0.141. The van der Waals surface area contributed by atoms with Crippen molar-refractivity contribution in [2.75, 3.05) is 5.32 Å². The van der Waals surface area contributed by atoms with Crippen molar-refractivity contribution in [2.45, 2.75) is 51.3 Å². The van der Waals surface area contributed by atoms with Crippen LogP contribution in [0.5, 0.6) is 5.75 Å². The third-order valence-corrected chi connectivity index (χ3v) is 7.02. The summed E-state index contributed by atoms with van der Waals surface area (Å²) in [6.07, 6.45) is 3.08. The normalized spacial score (nSPS) is 19.5. The molecule has 1 N–H and O–H groups in total. The van der Waals surface area contributed by atoms with Crippen LogP contribution < -0.4 is 10.1 Å². The molecule has 2 atom stereocenters. The Kier molecular flexibility index (Phi) is 6.29. The van der Waals surface area contributed by atoms with E-state index in [-0.39, 0.29) is 17.9 Å². The number of carbonyl (C=O) groups is 2. The minimum atomic E-state index is -0.529. The van der Waals surface area contributed by atoms with Gasteiger partial charge in [-0.2, -0.15) is 0 Å². The zero-order valence-corrected chi connectivity index (χ0v) is 19.8. The Bertz CT molecular complexity index is 1240. The highest BCUT2D eigenvalue weighted by Gasteiger charge is 2.36. The molecule has 0 unspecified atom stereocenters. The molecular weight excluding hydrogens is 448 g/mol. The number of carbonyl (C=O) groups excluding carboxylic acids is 2. The van der Waals surface area contributed by atoms with Gasteiger partial charge in [-0.1, -0.05) is 54.9 Å². The van der Waals surface area contributed by atoms with Crippen molar-refractivity contribution < 1.29 is 14.3 Å². The van der Waals surface area contributed by atoms with Crippen LogP contribution in [0.1, 0.15) is 59.3 Å². The highest BCUT2D eigenvalue weighted by Crippen LogP contribution is 2.39. The summed E-state index contributed by atoms with van der Waals surface area (Å²) in [4.78, 5) is 28.3. The maximum atomic E-state index is 13.6. The Morgan fingerprint density at radius 3 is 2.71 bits per heavy atom. The van der Waals surface area contributed by atoms with Gasteiger partial charge in [-0.15, -0.1) is 0 Å². The number of anilines is 1. The number of nitrogens with zero attached hydrogens (tertiary/aromatic N) is 1. The second-order valence-corrected chi connectivity index (χ2v) is 9.25. The van der Waals surface area contributed by atoms with E-state index in [0.717, 1.165) is 24.8 Å². The summed E-state index contributed by atoms with van der Waals surface area (Å²) in [5, 5.41) is 3.33. The van der Waals surface area contributed by atoms with E-state index in [4.69, 9.17) is 16.3 Å². The SMILES string of the molecule is CC[C@@H]1Oc2ccc(NC(=O)c3ccccc3Cl)cc2CN([C@@H]2CCCc3ccccc32)C1=O. The van der Waals surface area contributed by atoms with E-state index in [1.807, 2.05) is 30.0 Å². The molecule has 0 bridgehead atoms. The molecule has 0 aromatic heterocycles. The number of benzene rings is 3. The lowest BCUT2D eigenvalue weighted by Crippen LogP contribution is -2.42. The molecule has 2 aliphatic rings. The average Bonchev–Trinajstić information content (AvgIpc) is 2.99. The highest BCUT2D eigenvalue weighted by atomic mass is 35.5. The van der Waals surface area contributed by atoms with Crippen LogP contribution in [0.15, 0.2) is 66.7 Å².